The summed E-state index contributed by atoms with van der Waals surface area (Å²) in [6.45, 7) is 10.6. The average molecular weight is 949 g/mol. The Morgan fingerprint density at radius 2 is 0.903 bits per heavy atom. The molecule has 62 heavy (non-hydrogen) atoms. The molecule has 1 atom stereocenters. The molecule has 0 saturated heterocycles. The van der Waals surface area contributed by atoms with E-state index in [0.717, 1.165) is 56.5 Å². The number of hydrogen-bond acceptors (Lipinski definition) is 7. The van der Waals surface area contributed by atoms with E-state index >= 15 is 0 Å². The number of carbonyl (C=O) groups excluding carboxylic acids is 1. The Morgan fingerprint density at radius 3 is 1.39 bits per heavy atom. The molecule has 0 bridgehead atoms. The average Bonchev–Trinajstić information content (AvgIpc) is 3.25. The molecule has 0 aliphatic heterocycles. The van der Waals surface area contributed by atoms with E-state index in [9.17, 15) is 4.79 Å². The number of aliphatic hydroxyl groups is 1. The first kappa shape index (κ1) is 63.5. The summed E-state index contributed by atoms with van der Waals surface area (Å²) in [5.41, 5.74) is 0. The quantitative estimate of drug-likeness (QED) is 0.0281. The van der Waals surface area contributed by atoms with Gasteiger partial charge in [-0.15, -0.1) is 0 Å². The van der Waals surface area contributed by atoms with Gasteiger partial charge >= 0.3 is 5.97 Å². The number of unbranched alkanes of at least 4 members (excludes halogenated alkanes) is 29. The van der Waals surface area contributed by atoms with Crippen LogP contribution in [-0.2, 0) is 28.5 Å². The standard InChI is InChI=1S/C53H106NO7.BrH/c1-5-7-9-11-13-15-17-19-21-23-24-26-28-30-32-34-38-43-59-51-52(60-44-39-35-33-31-29-27-25-22-20-18-16-14-12-10-8-6-2)50-54(3,4)41-37-36-40-53(56)61-49-48-58-47-46-57-45-42-55;/h20,22,52,55H,5-19,21,23-51H2,1-4H3;1H/q+1;/p-1/b22-20-;. The molecule has 0 rings (SSSR count). The fourth-order valence-electron chi connectivity index (χ4n) is 8.02. The third-order valence-corrected chi connectivity index (χ3v) is 11.9. The predicted molar refractivity (Wildman–Crippen MR) is 260 cm³/mol. The minimum atomic E-state index is -0.167. The lowest BCUT2D eigenvalue weighted by molar-refractivity contribution is -0.893. The molecule has 1 unspecified atom stereocenters. The summed E-state index contributed by atoms with van der Waals surface area (Å²) in [6, 6.07) is 0. The second-order valence-electron chi connectivity index (χ2n) is 18.6. The molecule has 0 aliphatic rings. The zero-order chi connectivity index (χ0) is 44.4. The Hall–Kier alpha value is -0.550. The number of halogens is 1. The summed E-state index contributed by atoms with van der Waals surface area (Å²) in [4.78, 5) is 12.2. The highest BCUT2D eigenvalue weighted by molar-refractivity contribution is 5.69. The lowest BCUT2D eigenvalue weighted by Gasteiger charge is -2.33. The van der Waals surface area contributed by atoms with Gasteiger partial charge in [0.15, 0.2) is 0 Å². The van der Waals surface area contributed by atoms with Gasteiger partial charge in [0.05, 0.1) is 60.3 Å². The van der Waals surface area contributed by atoms with Crippen LogP contribution in [0.2, 0.25) is 0 Å². The smallest absolute Gasteiger partial charge is 0.305 e. The van der Waals surface area contributed by atoms with Crippen molar-refractivity contribution in [1.29, 1.82) is 0 Å². The van der Waals surface area contributed by atoms with Crippen molar-refractivity contribution < 1.29 is 55.0 Å². The summed E-state index contributed by atoms with van der Waals surface area (Å²) in [5, 5.41) is 8.73. The van der Waals surface area contributed by atoms with E-state index in [1.807, 2.05) is 0 Å². The van der Waals surface area contributed by atoms with Crippen molar-refractivity contribution in [2.75, 3.05) is 86.6 Å². The Bertz CT molecular complexity index is 892. The van der Waals surface area contributed by atoms with Gasteiger partial charge < -0.3 is 50.3 Å². The zero-order valence-corrected chi connectivity index (χ0v) is 43.4. The molecule has 8 nitrogen and oxygen atoms in total. The normalized spacial score (nSPS) is 12.3. The van der Waals surface area contributed by atoms with Crippen molar-refractivity contribution in [2.45, 2.75) is 238 Å². The Labute approximate surface area is 396 Å². The van der Waals surface area contributed by atoms with E-state index in [0.29, 0.717) is 39.5 Å². The number of ether oxygens (including phenoxy) is 5. The summed E-state index contributed by atoms with van der Waals surface area (Å²) in [5.74, 6) is -0.167. The van der Waals surface area contributed by atoms with Crippen LogP contribution in [0, 0.1) is 0 Å². The van der Waals surface area contributed by atoms with Gasteiger partial charge in [0.1, 0.15) is 19.3 Å². The second kappa shape index (κ2) is 53.1. The second-order valence-corrected chi connectivity index (χ2v) is 18.6. The number of aliphatic hydroxyl groups excluding tert-OH is 1. The van der Waals surface area contributed by atoms with Gasteiger partial charge in [-0.3, -0.25) is 4.79 Å². The SMILES string of the molecule is CCCCCCCC/C=C\CCCCCCCCOC(COCCCCCCCCCCCCCCCCCCC)C[N+](C)(C)CCCCC(=O)OCCOCCOCCO.[Br-]. The number of likely N-dealkylation sites (N-methyl/N-ethyl adjacent to an activating group) is 1. The zero-order valence-electron chi connectivity index (χ0n) is 41.8. The summed E-state index contributed by atoms with van der Waals surface area (Å²) >= 11 is 0. The monoisotopic (exact) mass is 948 g/mol. The van der Waals surface area contributed by atoms with Crippen LogP contribution in [0.4, 0.5) is 0 Å². The molecule has 1 N–H and O–H groups in total. The van der Waals surface area contributed by atoms with Crippen molar-refractivity contribution in [3.63, 3.8) is 0 Å². The topological polar surface area (TPSA) is 83.5 Å². The highest BCUT2D eigenvalue weighted by atomic mass is 79.9. The first-order chi connectivity index (χ1) is 29.9. The molecule has 0 radical (unpaired) electrons. The number of esters is 1. The van der Waals surface area contributed by atoms with Crippen LogP contribution in [-0.4, -0.2) is 108 Å². The largest absolute Gasteiger partial charge is 1.00 e. The molecule has 0 heterocycles. The van der Waals surface area contributed by atoms with Crippen LogP contribution in [0.1, 0.15) is 232 Å². The molecule has 0 aromatic carbocycles. The van der Waals surface area contributed by atoms with Gasteiger partial charge in [0.25, 0.3) is 0 Å². The van der Waals surface area contributed by atoms with E-state index in [-0.39, 0.29) is 42.3 Å². The van der Waals surface area contributed by atoms with Crippen molar-refractivity contribution in [2.24, 2.45) is 0 Å². The predicted octanol–water partition coefficient (Wildman–Crippen LogP) is 10.9. The molecule has 9 heteroatoms. The van der Waals surface area contributed by atoms with Crippen molar-refractivity contribution in [3.8, 4) is 0 Å². The van der Waals surface area contributed by atoms with Crippen LogP contribution < -0.4 is 17.0 Å². The van der Waals surface area contributed by atoms with E-state index in [2.05, 4.69) is 40.1 Å². The molecule has 0 fully saturated rings. The number of quaternary nitrogens is 1. The van der Waals surface area contributed by atoms with Crippen LogP contribution in [0.3, 0.4) is 0 Å². The van der Waals surface area contributed by atoms with Crippen molar-refractivity contribution >= 4 is 5.97 Å². The lowest BCUT2D eigenvalue weighted by atomic mass is 10.0. The first-order valence-corrected chi connectivity index (χ1v) is 26.5. The van der Waals surface area contributed by atoms with Crippen LogP contribution in [0.5, 0.6) is 0 Å². The molecule has 0 aromatic rings. The number of hydrogen-bond donors (Lipinski definition) is 1. The van der Waals surface area contributed by atoms with E-state index in [1.54, 1.807) is 0 Å². The maximum Gasteiger partial charge on any atom is 0.305 e. The van der Waals surface area contributed by atoms with Gasteiger partial charge in [-0.25, -0.2) is 0 Å². The highest BCUT2D eigenvalue weighted by Crippen LogP contribution is 2.16. The van der Waals surface area contributed by atoms with Gasteiger partial charge in [-0.05, 0) is 51.4 Å². The maximum atomic E-state index is 12.2. The first-order valence-electron chi connectivity index (χ1n) is 26.5. The molecular formula is C53H106BrNO7. The van der Waals surface area contributed by atoms with Gasteiger partial charge in [0, 0.05) is 19.6 Å². The van der Waals surface area contributed by atoms with E-state index in [4.69, 9.17) is 28.8 Å². The third kappa shape index (κ3) is 52.1. The Kier molecular flexibility index (Phi) is 54.4. The molecule has 372 valence electrons. The minimum absolute atomic E-state index is 0. The molecule has 0 spiro atoms. The maximum absolute atomic E-state index is 12.2. The van der Waals surface area contributed by atoms with Crippen LogP contribution in [0.15, 0.2) is 12.2 Å². The minimum Gasteiger partial charge on any atom is -1.00 e. The Morgan fingerprint density at radius 1 is 0.484 bits per heavy atom. The fraction of sp³-hybridized carbons (Fsp3) is 0.943. The third-order valence-electron chi connectivity index (χ3n) is 11.9. The van der Waals surface area contributed by atoms with Gasteiger partial charge in [-0.2, -0.15) is 0 Å². The number of carbonyl (C=O) groups is 1. The summed E-state index contributed by atoms with van der Waals surface area (Å²) in [7, 11) is 4.55. The van der Waals surface area contributed by atoms with Crippen molar-refractivity contribution in [3.05, 3.63) is 12.2 Å². The summed E-state index contributed by atoms with van der Waals surface area (Å²) < 4.78 is 29.5. The van der Waals surface area contributed by atoms with Crippen LogP contribution in [0.25, 0.3) is 0 Å². The fourth-order valence-corrected chi connectivity index (χ4v) is 8.02. The molecular weight excluding hydrogens is 842 g/mol. The van der Waals surface area contributed by atoms with Crippen LogP contribution >= 0.6 is 0 Å². The highest BCUT2D eigenvalue weighted by Gasteiger charge is 2.23. The van der Waals surface area contributed by atoms with Gasteiger partial charge in [-0.1, -0.05) is 187 Å². The summed E-state index contributed by atoms with van der Waals surface area (Å²) in [6.07, 6.45) is 49.1. The van der Waals surface area contributed by atoms with E-state index in [1.165, 1.54) is 186 Å². The van der Waals surface area contributed by atoms with Crippen molar-refractivity contribution in [1.82, 2.24) is 0 Å². The number of nitrogens with zero attached hydrogens (tertiary/aromatic N) is 1. The number of allylic oxidation sites excluding steroid dienone is 2. The van der Waals surface area contributed by atoms with Gasteiger partial charge in [0.2, 0.25) is 0 Å². The molecule has 0 saturated carbocycles. The molecule has 0 amide bonds. The molecule has 0 aliphatic carbocycles. The Balaban J connectivity index is 0. The lowest BCUT2D eigenvalue weighted by Crippen LogP contribution is -3.00. The molecule has 0 aromatic heterocycles. The van der Waals surface area contributed by atoms with E-state index < -0.39 is 0 Å². The number of rotatable bonds is 52.